The van der Waals surface area contributed by atoms with E-state index < -0.39 is 0 Å². The zero-order valence-electron chi connectivity index (χ0n) is 16.9. The zero-order chi connectivity index (χ0) is 22.1. The van der Waals surface area contributed by atoms with E-state index >= 15 is 0 Å². The highest BCUT2D eigenvalue weighted by Gasteiger charge is 2.13. The molecule has 0 fully saturated rings. The Hall–Kier alpha value is -2.78. The van der Waals surface area contributed by atoms with Crippen LogP contribution < -0.4 is 5.32 Å². The second-order valence-corrected chi connectivity index (χ2v) is 9.19. The van der Waals surface area contributed by atoms with Gasteiger partial charge in [0.15, 0.2) is 6.29 Å². The molecule has 0 saturated heterocycles. The van der Waals surface area contributed by atoms with E-state index in [1.54, 1.807) is 12.4 Å². The van der Waals surface area contributed by atoms with E-state index in [-0.39, 0.29) is 12.5 Å². The van der Waals surface area contributed by atoms with Gasteiger partial charge in [0.1, 0.15) is 12.2 Å². The number of hydrogen-bond acceptors (Lipinski definition) is 4. The van der Waals surface area contributed by atoms with Gasteiger partial charge in [0.25, 0.3) is 0 Å². The smallest absolute Gasteiger partial charge is 0.246 e. The lowest BCUT2D eigenvalue weighted by Gasteiger charge is -2.12. The van der Waals surface area contributed by atoms with Crippen LogP contribution in [0.2, 0.25) is 0 Å². The maximum Gasteiger partial charge on any atom is 0.246 e. The monoisotopic (exact) mass is 543 g/mol. The van der Waals surface area contributed by atoms with Crippen molar-refractivity contribution in [2.24, 2.45) is 0 Å². The molecule has 0 radical (unpaired) electrons. The molecule has 0 saturated carbocycles. The number of fused-ring (bicyclic) bond motifs is 1. The van der Waals surface area contributed by atoms with Crippen molar-refractivity contribution in [1.82, 2.24) is 19.6 Å². The average Bonchev–Trinajstić information content (AvgIpc) is 3.28. The first kappa shape index (κ1) is 21.5. The first-order valence-corrected chi connectivity index (χ1v) is 11.1. The molecule has 1 amide bonds. The van der Waals surface area contributed by atoms with E-state index in [4.69, 9.17) is 0 Å². The van der Waals surface area contributed by atoms with E-state index in [1.807, 2.05) is 48.7 Å². The number of nitrogens with zero attached hydrogens (tertiary/aromatic N) is 4. The number of carbonyl (C=O) groups is 2. The molecule has 0 aliphatic carbocycles. The molecule has 158 valence electrons. The third kappa shape index (κ3) is 4.62. The van der Waals surface area contributed by atoms with E-state index in [9.17, 15) is 9.59 Å². The summed E-state index contributed by atoms with van der Waals surface area (Å²) in [4.78, 5) is 24.0. The van der Waals surface area contributed by atoms with Crippen LogP contribution in [0.4, 0.5) is 5.69 Å². The minimum absolute atomic E-state index is 0.0565. The summed E-state index contributed by atoms with van der Waals surface area (Å²) in [7, 11) is 0. The van der Waals surface area contributed by atoms with Gasteiger partial charge in [-0.25, -0.2) is 4.68 Å². The Labute approximate surface area is 195 Å². The molecule has 7 nitrogen and oxygen atoms in total. The fraction of sp³-hybridized carbons (Fsp3) is 0.182. The number of amides is 1. The molecule has 31 heavy (non-hydrogen) atoms. The normalized spacial score (nSPS) is 11.1. The Bertz CT molecular complexity index is 1290. The number of halogens is 2. The Kier molecular flexibility index (Phi) is 6.06. The van der Waals surface area contributed by atoms with Gasteiger partial charge >= 0.3 is 0 Å². The Morgan fingerprint density at radius 3 is 2.55 bits per heavy atom. The molecule has 2 aromatic heterocycles. The van der Waals surface area contributed by atoms with Crippen molar-refractivity contribution in [3.8, 4) is 0 Å². The number of anilines is 1. The van der Waals surface area contributed by atoms with Gasteiger partial charge in [-0.3, -0.25) is 9.59 Å². The van der Waals surface area contributed by atoms with Crippen LogP contribution in [0.15, 0.2) is 51.7 Å². The number of aryl methyl sites for hydroxylation is 2. The summed E-state index contributed by atoms with van der Waals surface area (Å²) in [5.74, 6) is -0.176. The molecule has 4 aromatic rings. The summed E-state index contributed by atoms with van der Waals surface area (Å²) in [6.45, 7) is 4.41. The average molecular weight is 545 g/mol. The summed E-state index contributed by atoms with van der Waals surface area (Å²) in [6, 6.07) is 9.73. The number of aromatic nitrogens is 4. The van der Waals surface area contributed by atoms with E-state index in [1.165, 1.54) is 4.68 Å². The SMILES string of the molecule is Cc1cc(Br)cc(C)c1NC(=O)Cn1cc(Cn2cc(C=O)c3cc(Br)ccc32)nn1. The van der Waals surface area contributed by atoms with Gasteiger partial charge in [0.05, 0.1) is 12.7 Å². The van der Waals surface area contributed by atoms with Gasteiger partial charge in [-0.15, -0.1) is 5.10 Å². The zero-order valence-corrected chi connectivity index (χ0v) is 20.1. The number of nitrogens with one attached hydrogen (secondary N) is 1. The lowest BCUT2D eigenvalue weighted by atomic mass is 10.1. The minimum atomic E-state index is -0.176. The van der Waals surface area contributed by atoms with Crippen molar-refractivity contribution in [3.63, 3.8) is 0 Å². The molecule has 0 spiro atoms. The minimum Gasteiger partial charge on any atom is -0.341 e. The molecule has 9 heteroatoms. The summed E-state index contributed by atoms with van der Waals surface area (Å²) in [6.07, 6.45) is 4.39. The largest absolute Gasteiger partial charge is 0.341 e. The molecule has 0 bridgehead atoms. The van der Waals surface area contributed by atoms with Crippen molar-refractivity contribution in [1.29, 1.82) is 0 Å². The molecular weight excluding hydrogens is 526 g/mol. The van der Waals surface area contributed by atoms with Crippen molar-refractivity contribution in [3.05, 3.63) is 74.1 Å². The number of hydrogen-bond donors (Lipinski definition) is 1. The molecule has 0 atom stereocenters. The fourth-order valence-corrected chi connectivity index (χ4v) is 4.67. The van der Waals surface area contributed by atoms with E-state index in [0.29, 0.717) is 17.8 Å². The summed E-state index contributed by atoms with van der Waals surface area (Å²) >= 11 is 6.91. The van der Waals surface area contributed by atoms with Crippen LogP contribution in [0, 0.1) is 13.8 Å². The molecule has 2 aromatic carbocycles. The standard InChI is InChI=1S/C22H19Br2N5O2/c1-13-5-17(24)6-14(2)22(13)25-21(31)11-29-10-18(26-27-29)9-28-8-15(12-30)19-7-16(23)3-4-20(19)28/h3-8,10,12H,9,11H2,1-2H3,(H,25,31). The van der Waals surface area contributed by atoms with Crippen molar-refractivity contribution in [2.45, 2.75) is 26.9 Å². The molecule has 1 N–H and O–H groups in total. The van der Waals surface area contributed by atoms with Crippen molar-refractivity contribution < 1.29 is 9.59 Å². The maximum absolute atomic E-state index is 12.5. The van der Waals surface area contributed by atoms with E-state index in [2.05, 4.69) is 47.5 Å². The highest BCUT2D eigenvalue weighted by atomic mass is 79.9. The Balaban J connectivity index is 1.49. The van der Waals surface area contributed by atoms with Gasteiger partial charge in [-0.05, 0) is 55.3 Å². The second-order valence-electron chi connectivity index (χ2n) is 7.36. The molecule has 2 heterocycles. The van der Waals surface area contributed by atoms with Gasteiger partial charge in [0, 0.05) is 37.3 Å². The number of benzene rings is 2. The fourth-order valence-electron chi connectivity index (χ4n) is 3.62. The highest BCUT2D eigenvalue weighted by Crippen LogP contribution is 2.26. The lowest BCUT2D eigenvalue weighted by molar-refractivity contribution is -0.116. The molecule has 0 aliphatic rings. The molecule has 0 aliphatic heterocycles. The predicted molar refractivity (Wildman–Crippen MR) is 126 cm³/mol. The van der Waals surface area contributed by atoms with E-state index in [0.717, 1.165) is 42.9 Å². The van der Waals surface area contributed by atoms with Gasteiger partial charge in [-0.1, -0.05) is 37.1 Å². The third-order valence-corrected chi connectivity index (χ3v) is 5.94. The Morgan fingerprint density at radius 2 is 1.84 bits per heavy atom. The van der Waals surface area contributed by atoms with Crippen LogP contribution in [-0.4, -0.2) is 31.8 Å². The van der Waals surface area contributed by atoms with Crippen molar-refractivity contribution >= 4 is 60.6 Å². The van der Waals surface area contributed by atoms with Crippen LogP contribution in [0.3, 0.4) is 0 Å². The lowest BCUT2D eigenvalue weighted by Crippen LogP contribution is -2.20. The van der Waals surface area contributed by atoms with Crippen LogP contribution in [0.5, 0.6) is 0 Å². The second kappa shape index (κ2) is 8.76. The topological polar surface area (TPSA) is 81.8 Å². The maximum atomic E-state index is 12.5. The molecule has 4 rings (SSSR count). The first-order chi connectivity index (χ1) is 14.8. The van der Waals surface area contributed by atoms with Crippen LogP contribution in [-0.2, 0) is 17.9 Å². The Morgan fingerprint density at radius 1 is 1.10 bits per heavy atom. The number of rotatable bonds is 6. The number of carbonyl (C=O) groups excluding carboxylic acids is 2. The summed E-state index contributed by atoms with van der Waals surface area (Å²) in [5, 5.41) is 12.1. The number of aldehydes is 1. The van der Waals surface area contributed by atoms with Crippen molar-refractivity contribution in [2.75, 3.05) is 5.32 Å². The molecule has 0 unspecified atom stereocenters. The molecular formula is C22H19Br2N5O2. The first-order valence-electron chi connectivity index (χ1n) is 9.53. The quantitative estimate of drug-likeness (QED) is 0.351. The van der Waals surface area contributed by atoms with Gasteiger partial charge < -0.3 is 9.88 Å². The van der Waals surface area contributed by atoms with Gasteiger partial charge in [0.2, 0.25) is 5.91 Å². The van der Waals surface area contributed by atoms with Gasteiger partial charge in [-0.2, -0.15) is 0 Å². The van der Waals surface area contributed by atoms with Crippen LogP contribution in [0.25, 0.3) is 10.9 Å². The highest BCUT2D eigenvalue weighted by molar-refractivity contribution is 9.10. The summed E-state index contributed by atoms with van der Waals surface area (Å²) in [5.41, 5.74) is 5.01. The van der Waals surface area contributed by atoms with Crippen LogP contribution >= 0.6 is 31.9 Å². The predicted octanol–water partition coefficient (Wildman–Crippen LogP) is 4.87. The third-order valence-electron chi connectivity index (χ3n) is 4.99. The summed E-state index contributed by atoms with van der Waals surface area (Å²) < 4.78 is 5.35. The van der Waals surface area contributed by atoms with Crippen LogP contribution in [0.1, 0.15) is 27.2 Å².